The third-order valence-electron chi connectivity index (χ3n) is 1.53. The van der Waals surface area contributed by atoms with Crippen molar-refractivity contribution in [3.8, 4) is 0 Å². The van der Waals surface area contributed by atoms with Crippen LogP contribution in [0.4, 0.5) is 0 Å². The molecule has 0 amide bonds. The molecule has 0 radical (unpaired) electrons. The van der Waals surface area contributed by atoms with Crippen LogP contribution in [0.15, 0.2) is 0 Å². The van der Waals surface area contributed by atoms with Crippen LogP contribution < -0.4 is 0 Å². The molecule has 0 saturated heterocycles. The molecule has 12 heavy (non-hydrogen) atoms. The van der Waals surface area contributed by atoms with Gasteiger partial charge in [0, 0.05) is 18.3 Å². The second-order valence-electron chi connectivity index (χ2n) is 2.64. The fraction of sp³-hybridized carbons (Fsp3) is 1.00. The van der Waals surface area contributed by atoms with Crippen molar-refractivity contribution in [2.24, 2.45) is 0 Å². The molecule has 0 rings (SSSR count). The molecule has 3 unspecified atom stereocenters. The van der Waals surface area contributed by atoms with Gasteiger partial charge in [-0.25, -0.2) is 0 Å². The number of hydrogen-bond acceptors (Lipinski definition) is 4. The van der Waals surface area contributed by atoms with Gasteiger partial charge in [0.15, 0.2) is 0 Å². The highest BCUT2D eigenvalue weighted by Crippen LogP contribution is 2.11. The van der Waals surface area contributed by atoms with Gasteiger partial charge in [0.25, 0.3) is 0 Å². The van der Waals surface area contributed by atoms with Crippen molar-refractivity contribution < 1.29 is 15.1 Å². The Morgan fingerprint density at radius 3 is 2.50 bits per heavy atom. The van der Waals surface area contributed by atoms with Crippen molar-refractivity contribution in [1.82, 2.24) is 0 Å². The van der Waals surface area contributed by atoms with Gasteiger partial charge in [-0.15, -0.1) is 0 Å². The van der Waals surface area contributed by atoms with E-state index in [0.29, 0.717) is 0 Å². The average Bonchev–Trinajstić information content (AvgIpc) is 2.02. The Balaban J connectivity index is 3.83. The SMILES string of the molecule is CC(CC(O)C(Br)CO)[N+](=O)[O-]. The van der Waals surface area contributed by atoms with Gasteiger partial charge in [0.1, 0.15) is 0 Å². The van der Waals surface area contributed by atoms with E-state index < -0.39 is 21.9 Å². The number of nitro groups is 1. The molecule has 0 aliphatic rings. The molecule has 0 heterocycles. The van der Waals surface area contributed by atoms with Crippen LogP contribution in [-0.4, -0.2) is 38.7 Å². The predicted molar refractivity (Wildman–Crippen MR) is 46.9 cm³/mol. The molecule has 0 bridgehead atoms. The highest BCUT2D eigenvalue weighted by atomic mass is 79.9. The molecule has 5 nitrogen and oxygen atoms in total. The Bertz CT molecular complexity index is 154. The minimum atomic E-state index is -0.879. The molecule has 0 aromatic rings. The second-order valence-corrected chi connectivity index (χ2v) is 3.81. The van der Waals surface area contributed by atoms with Crippen molar-refractivity contribution in [2.45, 2.75) is 30.3 Å². The van der Waals surface area contributed by atoms with Crippen LogP contribution in [0.25, 0.3) is 0 Å². The molecule has 6 heteroatoms. The maximum atomic E-state index is 10.2. The molecule has 0 aliphatic carbocycles. The smallest absolute Gasteiger partial charge is 0.212 e. The zero-order valence-electron chi connectivity index (χ0n) is 6.68. The normalized spacial score (nSPS) is 18.3. The molecule has 0 spiro atoms. The van der Waals surface area contributed by atoms with Crippen LogP contribution >= 0.6 is 15.9 Å². The van der Waals surface area contributed by atoms with Gasteiger partial charge in [-0.1, -0.05) is 15.9 Å². The molecule has 0 fully saturated rings. The van der Waals surface area contributed by atoms with Crippen LogP contribution in [0.5, 0.6) is 0 Å². The average molecular weight is 242 g/mol. The van der Waals surface area contributed by atoms with E-state index in [1.165, 1.54) is 6.92 Å². The van der Waals surface area contributed by atoms with Crippen LogP contribution in [0.1, 0.15) is 13.3 Å². The minimum Gasteiger partial charge on any atom is -0.395 e. The Labute approximate surface area is 78.7 Å². The lowest BCUT2D eigenvalue weighted by molar-refractivity contribution is -0.520. The van der Waals surface area contributed by atoms with Crippen molar-refractivity contribution in [2.75, 3.05) is 6.61 Å². The van der Waals surface area contributed by atoms with E-state index in [1.54, 1.807) is 0 Å². The van der Waals surface area contributed by atoms with E-state index in [0.717, 1.165) is 0 Å². The van der Waals surface area contributed by atoms with Gasteiger partial charge < -0.3 is 10.2 Å². The first-order valence-electron chi connectivity index (χ1n) is 3.55. The first kappa shape index (κ1) is 11.8. The Morgan fingerprint density at radius 1 is 1.67 bits per heavy atom. The van der Waals surface area contributed by atoms with Crippen molar-refractivity contribution in [3.05, 3.63) is 10.1 Å². The first-order valence-corrected chi connectivity index (χ1v) is 4.47. The summed E-state index contributed by atoms with van der Waals surface area (Å²) in [4.78, 5) is 9.22. The van der Waals surface area contributed by atoms with E-state index in [-0.39, 0.29) is 13.0 Å². The highest BCUT2D eigenvalue weighted by Gasteiger charge is 2.23. The maximum absolute atomic E-state index is 10.2. The summed E-state index contributed by atoms with van der Waals surface area (Å²) < 4.78 is 0. The number of alkyl halides is 1. The summed E-state index contributed by atoms with van der Waals surface area (Å²) in [7, 11) is 0. The zero-order valence-corrected chi connectivity index (χ0v) is 8.27. The van der Waals surface area contributed by atoms with Crippen molar-refractivity contribution >= 4 is 15.9 Å². The van der Waals surface area contributed by atoms with Crippen LogP contribution in [0.3, 0.4) is 0 Å². The van der Waals surface area contributed by atoms with Crippen LogP contribution in [0, 0.1) is 10.1 Å². The molecule has 0 saturated carbocycles. The topological polar surface area (TPSA) is 83.6 Å². The van der Waals surface area contributed by atoms with E-state index in [1.807, 2.05) is 0 Å². The zero-order chi connectivity index (χ0) is 9.72. The quantitative estimate of drug-likeness (QED) is 0.408. The molecule has 3 atom stereocenters. The fourth-order valence-electron chi connectivity index (χ4n) is 0.705. The lowest BCUT2D eigenvalue weighted by Crippen LogP contribution is -2.30. The summed E-state index contributed by atoms with van der Waals surface area (Å²) in [5, 5.41) is 28.0. The molecule has 0 aliphatic heterocycles. The summed E-state index contributed by atoms with van der Waals surface area (Å²) in [6.45, 7) is 1.19. The fourth-order valence-corrected chi connectivity index (χ4v) is 0.921. The number of halogens is 1. The summed E-state index contributed by atoms with van der Waals surface area (Å²) >= 11 is 3.00. The van der Waals surface area contributed by atoms with Gasteiger partial charge in [-0.05, 0) is 0 Å². The van der Waals surface area contributed by atoms with Crippen LogP contribution in [0.2, 0.25) is 0 Å². The lowest BCUT2D eigenvalue weighted by atomic mass is 10.1. The molecular formula is C6H12BrNO4. The molecule has 2 N–H and O–H groups in total. The summed E-state index contributed by atoms with van der Waals surface area (Å²) in [6, 6.07) is -0.786. The lowest BCUT2D eigenvalue weighted by Gasteiger charge is -2.14. The number of aliphatic hydroxyl groups is 2. The number of aliphatic hydroxyl groups excluding tert-OH is 2. The third-order valence-corrected chi connectivity index (χ3v) is 2.43. The Morgan fingerprint density at radius 2 is 2.17 bits per heavy atom. The third kappa shape index (κ3) is 3.99. The molecule has 0 aromatic carbocycles. The first-order chi connectivity index (χ1) is 5.49. The van der Waals surface area contributed by atoms with Gasteiger partial charge in [0.05, 0.1) is 17.5 Å². The minimum absolute atomic E-state index is 0.0451. The maximum Gasteiger partial charge on any atom is 0.212 e. The molecular weight excluding hydrogens is 230 g/mol. The summed E-state index contributed by atoms with van der Waals surface area (Å²) in [5.74, 6) is 0. The van der Waals surface area contributed by atoms with E-state index in [4.69, 9.17) is 5.11 Å². The van der Waals surface area contributed by atoms with Crippen molar-refractivity contribution in [1.29, 1.82) is 0 Å². The standard InChI is InChI=1S/C6H12BrNO4/c1-4(8(11)12)2-6(10)5(7)3-9/h4-6,9-10H,2-3H2,1H3. The largest absolute Gasteiger partial charge is 0.395 e. The molecule has 0 aromatic heterocycles. The van der Waals surface area contributed by atoms with E-state index >= 15 is 0 Å². The summed E-state index contributed by atoms with van der Waals surface area (Å²) in [6.07, 6.45) is -0.834. The van der Waals surface area contributed by atoms with Crippen molar-refractivity contribution in [3.63, 3.8) is 0 Å². The number of nitrogens with zero attached hydrogens (tertiary/aromatic N) is 1. The van der Waals surface area contributed by atoms with Gasteiger partial charge in [0.2, 0.25) is 6.04 Å². The number of hydrogen-bond donors (Lipinski definition) is 2. The predicted octanol–water partition coefficient (Wildman–Crippen LogP) is 0.158. The Hall–Kier alpha value is -0.200. The highest BCUT2D eigenvalue weighted by molar-refractivity contribution is 9.09. The second kappa shape index (κ2) is 5.45. The van der Waals surface area contributed by atoms with Gasteiger partial charge in [-0.3, -0.25) is 10.1 Å². The van der Waals surface area contributed by atoms with Gasteiger partial charge in [-0.2, -0.15) is 0 Å². The van der Waals surface area contributed by atoms with E-state index in [9.17, 15) is 15.2 Å². The monoisotopic (exact) mass is 241 g/mol. The Kier molecular flexibility index (Phi) is 5.36. The number of rotatable bonds is 5. The van der Waals surface area contributed by atoms with Crippen LogP contribution in [-0.2, 0) is 0 Å². The van der Waals surface area contributed by atoms with E-state index in [2.05, 4.69) is 15.9 Å². The molecule has 72 valence electrons. The van der Waals surface area contributed by atoms with Gasteiger partial charge >= 0.3 is 0 Å². The summed E-state index contributed by atoms with van der Waals surface area (Å²) in [5.41, 5.74) is 0.